The number of carbonyl (C=O) groups is 2. The average Bonchev–Trinajstić information content (AvgIpc) is 2.92. The number of carboxylic acids is 1. The first-order valence-corrected chi connectivity index (χ1v) is 10.8. The molecule has 0 saturated carbocycles. The highest BCUT2D eigenvalue weighted by molar-refractivity contribution is 8.00. The zero-order chi connectivity index (χ0) is 19.0. The lowest BCUT2D eigenvalue weighted by Crippen LogP contribution is -2.68. The van der Waals surface area contributed by atoms with E-state index in [9.17, 15) is 14.7 Å². The number of β-lactam (4-membered cyclic amide) rings is 1. The van der Waals surface area contributed by atoms with E-state index in [0.29, 0.717) is 11.3 Å². The molecule has 1 fully saturated rings. The Bertz CT molecular complexity index is 745. The van der Waals surface area contributed by atoms with Crippen molar-refractivity contribution in [2.45, 2.75) is 43.5 Å². The van der Waals surface area contributed by atoms with Crippen molar-refractivity contribution in [3.8, 4) is 0 Å². The molecule has 146 valence electrons. The van der Waals surface area contributed by atoms with Crippen LogP contribution >= 0.6 is 11.8 Å². The maximum atomic E-state index is 12.0. The highest BCUT2D eigenvalue weighted by Crippen LogP contribution is 2.39. The quantitative estimate of drug-likeness (QED) is 0.545. The molecule has 7 nitrogen and oxygen atoms in total. The molecule has 0 bridgehead atoms. The van der Waals surface area contributed by atoms with Crippen LogP contribution in [0.25, 0.3) is 0 Å². The molecule has 4 heterocycles. The van der Waals surface area contributed by atoms with E-state index < -0.39 is 12.0 Å². The number of fused-ring (bicyclic) bond motifs is 1. The van der Waals surface area contributed by atoms with Gasteiger partial charge in [0.05, 0.1) is 19.6 Å². The number of aliphatic carboxylic acids is 1. The van der Waals surface area contributed by atoms with E-state index in [-0.39, 0.29) is 17.0 Å². The number of nitrogens with two attached hydrogens (primary N) is 1. The van der Waals surface area contributed by atoms with Crippen molar-refractivity contribution in [2.24, 2.45) is 5.73 Å². The van der Waals surface area contributed by atoms with Gasteiger partial charge in [0.15, 0.2) is 0 Å². The Morgan fingerprint density at radius 3 is 2.93 bits per heavy atom. The first-order valence-electron chi connectivity index (χ1n) is 9.77. The van der Waals surface area contributed by atoms with Crippen molar-refractivity contribution in [2.75, 3.05) is 31.9 Å². The average molecular weight is 392 g/mol. The summed E-state index contributed by atoms with van der Waals surface area (Å²) in [5, 5.41) is 9.37. The van der Waals surface area contributed by atoms with Crippen LogP contribution < -0.4 is 5.73 Å². The molecule has 4 aliphatic rings. The molecule has 0 radical (unpaired) electrons. The van der Waals surface area contributed by atoms with Crippen LogP contribution in [0.2, 0.25) is 0 Å². The van der Waals surface area contributed by atoms with Gasteiger partial charge in [0, 0.05) is 18.6 Å². The van der Waals surface area contributed by atoms with E-state index in [0.717, 1.165) is 39.0 Å². The fourth-order valence-electron chi connectivity index (χ4n) is 4.42. The smallest absolute Gasteiger partial charge is 0.352 e. The van der Waals surface area contributed by atoms with E-state index in [1.165, 1.54) is 30.0 Å². The molecule has 3 N–H and O–H groups in total. The van der Waals surface area contributed by atoms with E-state index in [1.807, 2.05) is 12.2 Å². The molecule has 0 aromatic carbocycles. The number of carboxylic acid groups (broad SMARTS) is 1. The Labute approximate surface area is 163 Å². The SMILES string of the molecule is N[C@@H]1C(=O)N2C(C(=O)O)=C(/C=C/CN3CCC[N+]4=C3CCCCC4)CS[C@H]12. The second kappa shape index (κ2) is 7.67. The molecule has 0 aromatic rings. The van der Waals surface area contributed by atoms with Gasteiger partial charge in [-0.25, -0.2) is 4.79 Å². The highest BCUT2D eigenvalue weighted by atomic mass is 32.2. The Morgan fingerprint density at radius 2 is 2.11 bits per heavy atom. The zero-order valence-electron chi connectivity index (χ0n) is 15.5. The third-order valence-electron chi connectivity index (χ3n) is 5.80. The predicted molar refractivity (Wildman–Crippen MR) is 105 cm³/mol. The summed E-state index contributed by atoms with van der Waals surface area (Å²) in [4.78, 5) is 27.5. The largest absolute Gasteiger partial charge is 0.477 e. The molecule has 8 heteroatoms. The highest BCUT2D eigenvalue weighted by Gasteiger charge is 2.51. The zero-order valence-corrected chi connectivity index (χ0v) is 16.3. The van der Waals surface area contributed by atoms with E-state index in [2.05, 4.69) is 9.48 Å². The van der Waals surface area contributed by atoms with Gasteiger partial charge in [0.2, 0.25) is 11.7 Å². The molecule has 27 heavy (non-hydrogen) atoms. The van der Waals surface area contributed by atoms with Crippen molar-refractivity contribution < 1.29 is 19.3 Å². The minimum Gasteiger partial charge on any atom is -0.477 e. The number of hydrogen-bond donors (Lipinski definition) is 2. The van der Waals surface area contributed by atoms with Crippen LogP contribution in [0.4, 0.5) is 0 Å². The molecule has 4 rings (SSSR count). The van der Waals surface area contributed by atoms with Crippen LogP contribution in [0, 0.1) is 0 Å². The maximum absolute atomic E-state index is 12.0. The van der Waals surface area contributed by atoms with Gasteiger partial charge < -0.3 is 10.8 Å². The second-order valence-electron chi connectivity index (χ2n) is 7.53. The van der Waals surface area contributed by atoms with Crippen LogP contribution in [0.15, 0.2) is 23.4 Å². The maximum Gasteiger partial charge on any atom is 0.352 e. The number of rotatable bonds is 4. The Hall–Kier alpha value is -1.80. The fourth-order valence-corrected chi connectivity index (χ4v) is 5.68. The molecular formula is C19H27N4O3S+. The predicted octanol–water partition coefficient (Wildman–Crippen LogP) is 0.814. The van der Waals surface area contributed by atoms with Gasteiger partial charge in [0.25, 0.3) is 0 Å². The summed E-state index contributed by atoms with van der Waals surface area (Å²) in [6, 6.07) is -0.583. The number of allylic oxidation sites excluding steroid dienone is 1. The number of hydrogen-bond acceptors (Lipinski definition) is 5. The van der Waals surface area contributed by atoms with Gasteiger partial charge in [0.1, 0.15) is 23.7 Å². The number of carbonyl (C=O) groups excluding carboxylic acids is 1. The summed E-state index contributed by atoms with van der Waals surface area (Å²) in [6.45, 7) is 4.14. The fraction of sp³-hybridized carbons (Fsp3) is 0.632. The molecule has 1 saturated heterocycles. The van der Waals surface area contributed by atoms with Crippen LogP contribution in [0.3, 0.4) is 0 Å². The summed E-state index contributed by atoms with van der Waals surface area (Å²) < 4.78 is 2.52. The molecule has 4 aliphatic heterocycles. The van der Waals surface area contributed by atoms with Crippen molar-refractivity contribution >= 4 is 29.5 Å². The number of thioether (sulfide) groups is 1. The first-order chi connectivity index (χ1) is 13.1. The van der Waals surface area contributed by atoms with Gasteiger partial charge >= 0.3 is 5.97 Å². The normalized spacial score (nSPS) is 28.9. The van der Waals surface area contributed by atoms with E-state index in [4.69, 9.17) is 5.73 Å². The van der Waals surface area contributed by atoms with Crippen LogP contribution in [0.1, 0.15) is 32.1 Å². The number of nitrogens with zero attached hydrogens (tertiary/aromatic N) is 3. The molecule has 0 unspecified atom stereocenters. The minimum atomic E-state index is -1.05. The molecule has 0 spiro atoms. The standard InChI is InChI=1S/C19H26N4O3S/c20-15-17(24)23-16(19(25)26)13(12-27-18(15)23)6-4-9-22-11-5-10-21-8-3-1-2-7-14(21)22/h4,6,15,18H,1-3,5,7-12,20H2/p+1/b6-4+/t15-,18-/m1/s1. The molecule has 0 aliphatic carbocycles. The van der Waals surface area contributed by atoms with Gasteiger partial charge in [-0.1, -0.05) is 6.08 Å². The second-order valence-corrected chi connectivity index (χ2v) is 8.64. The topological polar surface area (TPSA) is 89.9 Å². The molecular weight excluding hydrogens is 364 g/mol. The van der Waals surface area contributed by atoms with Crippen LogP contribution in [-0.4, -0.2) is 80.5 Å². The van der Waals surface area contributed by atoms with Gasteiger partial charge in [-0.2, -0.15) is 0 Å². The van der Waals surface area contributed by atoms with Crippen molar-refractivity contribution in [3.05, 3.63) is 23.4 Å². The summed E-state index contributed by atoms with van der Waals surface area (Å²) in [5.41, 5.74) is 6.60. The Morgan fingerprint density at radius 1 is 1.30 bits per heavy atom. The van der Waals surface area contributed by atoms with Crippen molar-refractivity contribution in [1.29, 1.82) is 0 Å². The van der Waals surface area contributed by atoms with Crippen LogP contribution in [-0.2, 0) is 9.59 Å². The van der Waals surface area contributed by atoms with Gasteiger partial charge in [-0.3, -0.25) is 19.2 Å². The Balaban J connectivity index is 1.50. The molecule has 2 atom stereocenters. The lowest BCUT2D eigenvalue weighted by atomic mass is 10.0. The van der Waals surface area contributed by atoms with E-state index >= 15 is 0 Å². The minimum absolute atomic E-state index is 0.101. The summed E-state index contributed by atoms with van der Waals surface area (Å²) in [6.07, 6.45) is 10.0. The summed E-state index contributed by atoms with van der Waals surface area (Å²) >= 11 is 1.54. The third-order valence-corrected chi connectivity index (χ3v) is 7.12. The summed E-state index contributed by atoms with van der Waals surface area (Å²) in [7, 11) is 0. The van der Waals surface area contributed by atoms with Crippen LogP contribution in [0.5, 0.6) is 0 Å². The lowest BCUT2D eigenvalue weighted by molar-refractivity contribution is -0.538. The molecule has 1 amide bonds. The lowest BCUT2D eigenvalue weighted by Gasteiger charge is -2.47. The third kappa shape index (κ3) is 3.40. The first kappa shape index (κ1) is 18.6. The van der Waals surface area contributed by atoms with Gasteiger partial charge in [-0.15, -0.1) is 11.8 Å². The monoisotopic (exact) mass is 391 g/mol. The van der Waals surface area contributed by atoms with Gasteiger partial charge in [-0.05, 0) is 30.9 Å². The molecule has 0 aromatic heterocycles. The summed E-state index contributed by atoms with van der Waals surface area (Å²) in [5.74, 6) is 0.666. The number of amides is 1. The van der Waals surface area contributed by atoms with Crippen molar-refractivity contribution in [1.82, 2.24) is 9.80 Å². The van der Waals surface area contributed by atoms with Crippen molar-refractivity contribution in [3.63, 3.8) is 0 Å². The Kier molecular flexibility index (Phi) is 5.27. The number of amidine groups is 1. The van der Waals surface area contributed by atoms with E-state index in [1.54, 1.807) is 11.8 Å².